The molecule has 1 aliphatic carbocycles. The van der Waals surface area contributed by atoms with Gasteiger partial charge in [-0.1, -0.05) is 54.8 Å². The molecule has 2 aliphatic rings. The molecule has 6 nitrogen and oxygen atoms in total. The molecular formula is C23H30ClN5OS. The average Bonchev–Trinajstić information content (AvgIpc) is 2.79. The van der Waals surface area contributed by atoms with Crippen LogP contribution in [-0.2, 0) is 5.75 Å². The number of halogens is 1. The molecule has 1 aliphatic heterocycles. The Morgan fingerprint density at radius 1 is 1.10 bits per heavy atom. The van der Waals surface area contributed by atoms with E-state index in [1.165, 1.54) is 19.3 Å². The minimum absolute atomic E-state index is 0.0288. The number of hydrogen-bond donors (Lipinski definition) is 1. The lowest BCUT2D eigenvalue weighted by Gasteiger charge is -2.33. The summed E-state index contributed by atoms with van der Waals surface area (Å²) in [5, 5.41) is 4.33. The second-order valence-corrected chi connectivity index (χ2v) is 9.75. The summed E-state index contributed by atoms with van der Waals surface area (Å²) in [4.78, 5) is 26.2. The fourth-order valence-electron chi connectivity index (χ4n) is 4.06. The lowest BCUT2D eigenvalue weighted by molar-refractivity contribution is 0.0927. The molecule has 8 heteroatoms. The molecule has 0 unspecified atom stereocenters. The van der Waals surface area contributed by atoms with Crippen molar-refractivity contribution >= 4 is 35.1 Å². The highest BCUT2D eigenvalue weighted by molar-refractivity contribution is 7.98. The summed E-state index contributed by atoms with van der Waals surface area (Å²) in [6.07, 6.45) is 5.89. The highest BCUT2D eigenvalue weighted by Gasteiger charge is 2.18. The molecule has 1 N–H and O–H groups in total. The first-order chi connectivity index (χ1) is 15.1. The maximum absolute atomic E-state index is 12.5. The van der Waals surface area contributed by atoms with Crippen LogP contribution in [0.3, 0.4) is 0 Å². The largest absolute Gasteiger partial charge is 0.354 e. The van der Waals surface area contributed by atoms with E-state index < -0.39 is 0 Å². The van der Waals surface area contributed by atoms with Crippen LogP contribution in [0, 0.1) is 0 Å². The molecule has 1 aromatic carbocycles. The Hall–Kier alpha value is -1.83. The van der Waals surface area contributed by atoms with Gasteiger partial charge in [0, 0.05) is 49.6 Å². The molecule has 1 saturated carbocycles. The smallest absolute Gasteiger partial charge is 0.251 e. The third kappa shape index (κ3) is 6.34. The van der Waals surface area contributed by atoms with Crippen molar-refractivity contribution in [3.63, 3.8) is 0 Å². The van der Waals surface area contributed by atoms with E-state index in [4.69, 9.17) is 16.6 Å². The zero-order valence-electron chi connectivity index (χ0n) is 18.0. The monoisotopic (exact) mass is 459 g/mol. The molecule has 0 spiro atoms. The maximum Gasteiger partial charge on any atom is 0.251 e. The van der Waals surface area contributed by atoms with E-state index in [-0.39, 0.29) is 5.91 Å². The minimum atomic E-state index is 0.0288. The van der Waals surface area contributed by atoms with E-state index >= 15 is 0 Å². The molecule has 2 heterocycles. The van der Waals surface area contributed by atoms with Gasteiger partial charge in [0.25, 0.3) is 5.91 Å². The molecule has 1 amide bonds. The summed E-state index contributed by atoms with van der Waals surface area (Å²) in [6, 6.07) is 10.00. The first-order valence-corrected chi connectivity index (χ1v) is 12.4. The molecule has 0 bridgehead atoms. The van der Waals surface area contributed by atoms with E-state index in [2.05, 4.69) is 27.1 Å². The number of hydrogen-bond acceptors (Lipinski definition) is 6. The predicted octanol–water partition coefficient (Wildman–Crippen LogP) is 4.24. The number of piperazine rings is 1. The van der Waals surface area contributed by atoms with E-state index in [9.17, 15) is 4.79 Å². The number of thioether (sulfide) groups is 1. The molecule has 0 radical (unpaired) electrons. The van der Waals surface area contributed by atoms with Crippen molar-refractivity contribution in [2.24, 2.45) is 0 Å². The normalized spacial score (nSPS) is 18.2. The highest BCUT2D eigenvalue weighted by Crippen LogP contribution is 2.25. The van der Waals surface area contributed by atoms with Gasteiger partial charge in [-0.15, -0.1) is 0 Å². The summed E-state index contributed by atoms with van der Waals surface area (Å²) in [5.74, 6) is 1.65. The Bertz CT molecular complexity index is 880. The van der Waals surface area contributed by atoms with Gasteiger partial charge in [-0.2, -0.15) is 0 Å². The van der Waals surface area contributed by atoms with Crippen molar-refractivity contribution in [1.29, 1.82) is 0 Å². The molecule has 2 aromatic rings. The second kappa shape index (κ2) is 10.7. The number of amides is 1. The van der Waals surface area contributed by atoms with Crippen molar-refractivity contribution in [3.8, 4) is 0 Å². The lowest BCUT2D eigenvalue weighted by atomic mass is 9.95. The Morgan fingerprint density at radius 3 is 2.52 bits per heavy atom. The van der Waals surface area contributed by atoms with Crippen LogP contribution >= 0.6 is 23.4 Å². The standard InChI is InChI=1S/C23H30ClN5OS/c1-28-11-13-29(14-12-28)21-15-20(24)26-23(27-21)31-16-17-7-9-18(10-8-17)22(30)25-19-5-3-2-4-6-19/h7-10,15,19H,2-6,11-14,16H2,1H3,(H,25,30). The van der Waals surface area contributed by atoms with Gasteiger partial charge in [-0.3, -0.25) is 4.79 Å². The van der Waals surface area contributed by atoms with Crippen molar-refractivity contribution in [1.82, 2.24) is 20.2 Å². The summed E-state index contributed by atoms with van der Waals surface area (Å²) in [7, 11) is 2.14. The van der Waals surface area contributed by atoms with Gasteiger partial charge < -0.3 is 15.1 Å². The van der Waals surface area contributed by atoms with E-state index in [0.717, 1.165) is 61.7 Å². The Labute approximate surface area is 193 Å². The van der Waals surface area contributed by atoms with Crippen LogP contribution in [0.4, 0.5) is 5.82 Å². The van der Waals surface area contributed by atoms with E-state index in [1.54, 1.807) is 11.8 Å². The number of carbonyl (C=O) groups is 1. The summed E-state index contributed by atoms with van der Waals surface area (Å²) in [5.41, 5.74) is 1.85. The zero-order chi connectivity index (χ0) is 21.6. The van der Waals surface area contributed by atoms with Crippen LogP contribution in [-0.4, -0.2) is 60.0 Å². The number of likely N-dealkylation sites (N-methyl/N-ethyl adjacent to an activating group) is 1. The molecular weight excluding hydrogens is 430 g/mol. The van der Waals surface area contributed by atoms with Crippen LogP contribution in [0.2, 0.25) is 5.15 Å². The highest BCUT2D eigenvalue weighted by atomic mass is 35.5. The van der Waals surface area contributed by atoms with Crippen LogP contribution in [0.5, 0.6) is 0 Å². The summed E-state index contributed by atoms with van der Waals surface area (Å²) in [6.45, 7) is 3.92. The first-order valence-electron chi connectivity index (χ1n) is 11.1. The fraction of sp³-hybridized carbons (Fsp3) is 0.522. The zero-order valence-corrected chi connectivity index (χ0v) is 19.6. The average molecular weight is 460 g/mol. The van der Waals surface area contributed by atoms with Crippen LogP contribution in [0.25, 0.3) is 0 Å². The quantitative estimate of drug-likeness (QED) is 0.396. The third-order valence-corrected chi connectivity index (χ3v) is 7.12. The Kier molecular flexibility index (Phi) is 7.69. The SMILES string of the molecule is CN1CCN(c2cc(Cl)nc(SCc3ccc(C(=O)NC4CCCCC4)cc3)n2)CC1. The number of carbonyl (C=O) groups excluding carboxylic acids is 1. The number of rotatable bonds is 6. The van der Waals surface area contributed by atoms with Gasteiger partial charge in [-0.25, -0.2) is 9.97 Å². The van der Waals surface area contributed by atoms with Crippen molar-refractivity contribution in [2.75, 3.05) is 38.1 Å². The lowest BCUT2D eigenvalue weighted by Crippen LogP contribution is -2.44. The van der Waals surface area contributed by atoms with Gasteiger partial charge in [0.1, 0.15) is 11.0 Å². The Morgan fingerprint density at radius 2 is 1.81 bits per heavy atom. The number of aromatic nitrogens is 2. The molecule has 1 saturated heterocycles. The third-order valence-electron chi connectivity index (χ3n) is 6.01. The first kappa shape index (κ1) is 22.4. The second-order valence-electron chi connectivity index (χ2n) is 8.42. The van der Waals surface area contributed by atoms with Gasteiger partial charge in [0.15, 0.2) is 5.16 Å². The fourth-order valence-corrected chi connectivity index (χ4v) is 5.10. The van der Waals surface area contributed by atoms with E-state index in [0.29, 0.717) is 16.4 Å². The number of anilines is 1. The van der Waals surface area contributed by atoms with Crippen LogP contribution in [0.15, 0.2) is 35.5 Å². The molecule has 31 heavy (non-hydrogen) atoms. The number of nitrogens with zero attached hydrogens (tertiary/aromatic N) is 4. The van der Waals surface area contributed by atoms with Crippen molar-refractivity contribution < 1.29 is 4.79 Å². The molecule has 1 aromatic heterocycles. The van der Waals surface area contributed by atoms with Gasteiger partial charge >= 0.3 is 0 Å². The summed E-state index contributed by atoms with van der Waals surface area (Å²) < 4.78 is 0. The van der Waals surface area contributed by atoms with Crippen LogP contribution < -0.4 is 10.2 Å². The van der Waals surface area contributed by atoms with Crippen molar-refractivity contribution in [3.05, 3.63) is 46.6 Å². The predicted molar refractivity (Wildman–Crippen MR) is 127 cm³/mol. The Balaban J connectivity index is 1.33. The molecule has 0 atom stereocenters. The van der Waals surface area contributed by atoms with Crippen molar-refractivity contribution in [2.45, 2.75) is 49.1 Å². The molecule has 166 valence electrons. The number of nitrogens with one attached hydrogen (secondary N) is 1. The maximum atomic E-state index is 12.5. The topological polar surface area (TPSA) is 61.4 Å². The van der Waals surface area contributed by atoms with Gasteiger partial charge in [-0.05, 0) is 37.6 Å². The van der Waals surface area contributed by atoms with Gasteiger partial charge in [0.05, 0.1) is 0 Å². The molecule has 2 fully saturated rings. The number of benzene rings is 1. The van der Waals surface area contributed by atoms with E-state index in [1.807, 2.05) is 30.3 Å². The van der Waals surface area contributed by atoms with Crippen LogP contribution in [0.1, 0.15) is 48.0 Å². The summed E-state index contributed by atoms with van der Waals surface area (Å²) >= 11 is 7.83. The van der Waals surface area contributed by atoms with Gasteiger partial charge in [0.2, 0.25) is 0 Å². The molecule has 4 rings (SSSR count). The minimum Gasteiger partial charge on any atom is -0.354 e.